The Bertz CT molecular complexity index is 943. The molecule has 2 aromatic rings. The van der Waals surface area contributed by atoms with Gasteiger partial charge in [-0.1, -0.05) is 30.3 Å². The summed E-state index contributed by atoms with van der Waals surface area (Å²) in [6.07, 6.45) is 0.197. The van der Waals surface area contributed by atoms with E-state index in [0.717, 1.165) is 5.56 Å². The largest absolute Gasteiger partial charge is 0.463 e. The lowest BCUT2D eigenvalue weighted by Gasteiger charge is -2.21. The summed E-state index contributed by atoms with van der Waals surface area (Å²) >= 11 is 0. The summed E-state index contributed by atoms with van der Waals surface area (Å²) in [5.41, 5.74) is 6.98. The van der Waals surface area contributed by atoms with Gasteiger partial charge in [0.25, 0.3) is 0 Å². The van der Waals surface area contributed by atoms with Gasteiger partial charge in [0.15, 0.2) is 6.23 Å². The fourth-order valence-electron chi connectivity index (χ4n) is 3.25. The van der Waals surface area contributed by atoms with Crippen LogP contribution in [0.4, 0.5) is 5.82 Å². The first-order valence-electron chi connectivity index (χ1n) is 9.21. The molecule has 2 N–H and O–H groups in total. The molecule has 9 nitrogen and oxygen atoms in total. The van der Waals surface area contributed by atoms with Crippen molar-refractivity contribution < 1.29 is 23.8 Å². The molecule has 1 aromatic carbocycles. The smallest absolute Gasteiger partial charge is 0.351 e. The van der Waals surface area contributed by atoms with Gasteiger partial charge in [-0.05, 0) is 5.56 Å². The van der Waals surface area contributed by atoms with E-state index in [1.165, 1.54) is 18.4 Å². The second kappa shape index (κ2) is 8.87. The van der Waals surface area contributed by atoms with Crippen LogP contribution in [0.1, 0.15) is 37.6 Å². The molecule has 29 heavy (non-hydrogen) atoms. The maximum atomic E-state index is 12.5. The number of ether oxygens (including phenoxy) is 3. The summed E-state index contributed by atoms with van der Waals surface area (Å²) in [4.78, 5) is 39.0. The number of nitrogens with two attached hydrogens (primary N) is 1. The lowest BCUT2D eigenvalue weighted by molar-refractivity contribution is -0.153. The van der Waals surface area contributed by atoms with E-state index in [-0.39, 0.29) is 18.8 Å². The number of anilines is 1. The topological polar surface area (TPSA) is 123 Å². The number of aromatic nitrogens is 2. The lowest BCUT2D eigenvalue weighted by Crippen LogP contribution is -2.34. The average Bonchev–Trinajstić information content (AvgIpc) is 3.05. The van der Waals surface area contributed by atoms with Crippen LogP contribution in [-0.4, -0.2) is 40.3 Å². The fourth-order valence-corrected chi connectivity index (χ4v) is 3.25. The van der Waals surface area contributed by atoms with Crippen molar-refractivity contribution in [1.29, 1.82) is 0 Å². The van der Waals surface area contributed by atoms with Gasteiger partial charge in [-0.25, -0.2) is 4.79 Å². The maximum absolute atomic E-state index is 12.5. The van der Waals surface area contributed by atoms with Crippen LogP contribution in [0.25, 0.3) is 0 Å². The first kappa shape index (κ1) is 20.5. The average molecular weight is 401 g/mol. The first-order chi connectivity index (χ1) is 13.8. The zero-order chi connectivity index (χ0) is 21.0. The monoisotopic (exact) mass is 401 g/mol. The van der Waals surface area contributed by atoms with Gasteiger partial charge in [-0.3, -0.25) is 14.2 Å². The Morgan fingerprint density at radius 3 is 2.62 bits per heavy atom. The van der Waals surface area contributed by atoms with Crippen molar-refractivity contribution in [3.05, 3.63) is 58.1 Å². The third-order valence-corrected chi connectivity index (χ3v) is 4.51. The van der Waals surface area contributed by atoms with Crippen molar-refractivity contribution in [2.45, 2.75) is 45.1 Å². The van der Waals surface area contributed by atoms with E-state index in [1.807, 2.05) is 30.3 Å². The Hall–Kier alpha value is -3.20. The molecular formula is C20H23N3O6. The van der Waals surface area contributed by atoms with Crippen molar-refractivity contribution in [2.75, 3.05) is 12.3 Å². The molecule has 1 aliphatic rings. The number of hydrogen-bond donors (Lipinski definition) is 1. The summed E-state index contributed by atoms with van der Waals surface area (Å²) in [5.74, 6) is -0.816. The van der Waals surface area contributed by atoms with Gasteiger partial charge in [0.05, 0.1) is 6.10 Å². The molecule has 154 valence electrons. The van der Waals surface area contributed by atoms with Crippen molar-refractivity contribution in [3.63, 3.8) is 0 Å². The van der Waals surface area contributed by atoms with Gasteiger partial charge in [0.2, 0.25) is 0 Å². The molecule has 3 atom stereocenters. The zero-order valence-corrected chi connectivity index (χ0v) is 16.2. The van der Waals surface area contributed by atoms with E-state index < -0.39 is 36.1 Å². The Kier molecular flexibility index (Phi) is 6.28. The highest BCUT2D eigenvalue weighted by Crippen LogP contribution is 2.31. The van der Waals surface area contributed by atoms with E-state index in [9.17, 15) is 14.4 Å². The van der Waals surface area contributed by atoms with Gasteiger partial charge < -0.3 is 19.9 Å². The third kappa shape index (κ3) is 5.20. The number of nitrogen functional groups attached to an aromatic ring is 1. The minimum absolute atomic E-state index is 0.00236. The van der Waals surface area contributed by atoms with Crippen LogP contribution in [0, 0.1) is 0 Å². The van der Waals surface area contributed by atoms with Gasteiger partial charge in [0.1, 0.15) is 18.5 Å². The van der Waals surface area contributed by atoms with Crippen LogP contribution in [0.15, 0.2) is 41.3 Å². The highest BCUT2D eigenvalue weighted by atomic mass is 16.6. The predicted molar refractivity (Wildman–Crippen MR) is 103 cm³/mol. The molecule has 1 aromatic heterocycles. The minimum Gasteiger partial charge on any atom is -0.463 e. The number of rotatable bonds is 6. The fraction of sp³-hybridized carbons (Fsp3) is 0.400. The number of esters is 2. The van der Waals surface area contributed by atoms with Crippen LogP contribution in [0.5, 0.6) is 0 Å². The Morgan fingerprint density at radius 1 is 1.24 bits per heavy atom. The molecule has 0 amide bonds. The number of nitrogens with zero attached hydrogens (tertiary/aromatic N) is 2. The molecule has 0 spiro atoms. The molecule has 0 saturated carbocycles. The Balaban J connectivity index is 1.89. The SMILES string of the molecule is CC(=O)OC[C@@H]1C[C@@H](OC(C)=O)[C@H](n2cc(Cc3ccccc3)c(N)nc2=O)O1. The van der Waals surface area contributed by atoms with Crippen LogP contribution in [0.3, 0.4) is 0 Å². The molecule has 0 radical (unpaired) electrons. The van der Waals surface area contributed by atoms with E-state index in [4.69, 9.17) is 19.9 Å². The quantitative estimate of drug-likeness (QED) is 0.717. The first-order valence-corrected chi connectivity index (χ1v) is 9.21. The highest BCUT2D eigenvalue weighted by molar-refractivity contribution is 5.66. The normalized spacial score (nSPS) is 21.0. The second-order valence-electron chi connectivity index (χ2n) is 6.84. The summed E-state index contributed by atoms with van der Waals surface area (Å²) in [6, 6.07) is 9.61. The highest BCUT2D eigenvalue weighted by Gasteiger charge is 2.40. The molecular weight excluding hydrogens is 378 g/mol. The molecule has 2 heterocycles. The molecule has 3 rings (SSSR count). The standard InChI is InChI=1S/C20H23N3O6/c1-12(24)27-11-16-9-17(28-13(2)25)19(29-16)23-10-15(18(21)22-20(23)26)8-14-6-4-3-5-7-14/h3-7,10,16-17,19H,8-9,11H2,1-2H3,(H2,21,22,26)/t16-,17+,19+/m0/s1. The lowest BCUT2D eigenvalue weighted by atomic mass is 10.1. The molecule has 0 aliphatic carbocycles. The zero-order valence-electron chi connectivity index (χ0n) is 16.2. The number of carbonyl (C=O) groups is 2. The minimum atomic E-state index is -0.894. The summed E-state index contributed by atoms with van der Waals surface area (Å²) in [6.45, 7) is 2.57. The van der Waals surface area contributed by atoms with E-state index in [1.54, 1.807) is 6.20 Å². The molecule has 1 aliphatic heterocycles. The van der Waals surface area contributed by atoms with Crippen LogP contribution in [0.2, 0.25) is 0 Å². The molecule has 1 saturated heterocycles. The summed E-state index contributed by atoms with van der Waals surface area (Å²) in [5, 5.41) is 0. The molecule has 0 unspecified atom stereocenters. The van der Waals surface area contributed by atoms with Gasteiger partial charge in [-0.15, -0.1) is 0 Å². The third-order valence-electron chi connectivity index (χ3n) is 4.51. The number of benzene rings is 1. The summed E-state index contributed by atoms with van der Waals surface area (Å²) in [7, 11) is 0. The van der Waals surface area contributed by atoms with Gasteiger partial charge in [0, 0.05) is 38.4 Å². The van der Waals surface area contributed by atoms with Crippen molar-refractivity contribution in [3.8, 4) is 0 Å². The van der Waals surface area contributed by atoms with Crippen molar-refractivity contribution >= 4 is 17.8 Å². The summed E-state index contributed by atoms with van der Waals surface area (Å²) < 4.78 is 17.5. The van der Waals surface area contributed by atoms with Gasteiger partial charge in [-0.2, -0.15) is 4.98 Å². The predicted octanol–water partition coefficient (Wildman–Crippen LogP) is 1.20. The molecule has 1 fully saturated rings. The van der Waals surface area contributed by atoms with E-state index in [0.29, 0.717) is 12.0 Å². The van der Waals surface area contributed by atoms with Gasteiger partial charge >= 0.3 is 17.6 Å². The number of carbonyl (C=O) groups excluding carboxylic acids is 2. The van der Waals surface area contributed by atoms with Crippen LogP contribution < -0.4 is 11.4 Å². The van der Waals surface area contributed by atoms with E-state index >= 15 is 0 Å². The molecule has 9 heteroatoms. The Morgan fingerprint density at radius 2 is 1.97 bits per heavy atom. The van der Waals surface area contributed by atoms with Crippen molar-refractivity contribution in [2.24, 2.45) is 0 Å². The maximum Gasteiger partial charge on any atom is 0.351 e. The van der Waals surface area contributed by atoms with Crippen LogP contribution in [-0.2, 0) is 30.2 Å². The van der Waals surface area contributed by atoms with Crippen molar-refractivity contribution in [1.82, 2.24) is 9.55 Å². The Labute approximate surface area is 167 Å². The van der Waals surface area contributed by atoms with E-state index in [2.05, 4.69) is 4.98 Å². The molecule has 0 bridgehead atoms. The second-order valence-corrected chi connectivity index (χ2v) is 6.84. The number of hydrogen-bond acceptors (Lipinski definition) is 8. The van der Waals surface area contributed by atoms with Crippen LogP contribution >= 0.6 is 0 Å².